The van der Waals surface area contributed by atoms with Crippen molar-refractivity contribution in [1.82, 2.24) is 0 Å². The van der Waals surface area contributed by atoms with E-state index in [0.29, 0.717) is 0 Å². The van der Waals surface area contributed by atoms with Gasteiger partial charge in [-0.2, -0.15) is 0 Å². The lowest BCUT2D eigenvalue weighted by molar-refractivity contribution is -0.107. The summed E-state index contributed by atoms with van der Waals surface area (Å²) in [6, 6.07) is 20.1. The number of nitrogens with zero attached hydrogens (tertiary/aromatic N) is 1. The predicted molar refractivity (Wildman–Crippen MR) is 81.6 cm³/mol. The van der Waals surface area contributed by atoms with E-state index >= 15 is 0 Å². The van der Waals surface area contributed by atoms with Crippen LogP contribution in [-0.4, -0.2) is 18.7 Å². The Balaban J connectivity index is 1.77. The lowest BCUT2D eigenvalue weighted by Crippen LogP contribution is -2.22. The summed E-state index contributed by atoms with van der Waals surface area (Å²) in [6.07, 6.45) is 1.88. The number of carbonyl (C=O) groups is 1. The molecule has 0 saturated carbocycles. The van der Waals surface area contributed by atoms with Crippen molar-refractivity contribution in [1.29, 1.82) is 0 Å². The standard InChI is InChI=1S/C16H17NOS/c18-14-17(15-8-3-1-4-9-15)12-7-13-19-16-10-5-2-6-11-16/h1-6,8-11,14H,7,12-13H2. The zero-order valence-electron chi connectivity index (χ0n) is 10.7. The molecule has 0 spiro atoms. The van der Waals surface area contributed by atoms with Gasteiger partial charge in [-0.1, -0.05) is 36.4 Å². The van der Waals surface area contributed by atoms with E-state index < -0.39 is 0 Å². The molecular weight excluding hydrogens is 254 g/mol. The van der Waals surface area contributed by atoms with E-state index in [-0.39, 0.29) is 0 Å². The Kier molecular flexibility index (Phi) is 5.50. The van der Waals surface area contributed by atoms with Gasteiger partial charge in [0, 0.05) is 17.1 Å². The highest BCUT2D eigenvalue weighted by atomic mass is 32.2. The predicted octanol–water partition coefficient (Wildman–Crippen LogP) is 3.83. The molecule has 19 heavy (non-hydrogen) atoms. The molecule has 2 rings (SSSR count). The molecule has 0 bridgehead atoms. The minimum absolute atomic E-state index is 0.757. The van der Waals surface area contributed by atoms with Gasteiger partial charge < -0.3 is 4.90 Å². The first-order valence-corrected chi connectivity index (χ1v) is 7.33. The topological polar surface area (TPSA) is 20.3 Å². The van der Waals surface area contributed by atoms with Crippen molar-refractivity contribution in [3.05, 3.63) is 60.7 Å². The van der Waals surface area contributed by atoms with Crippen LogP contribution in [0.15, 0.2) is 65.6 Å². The molecule has 2 aromatic rings. The summed E-state index contributed by atoms with van der Waals surface area (Å²) >= 11 is 1.83. The lowest BCUT2D eigenvalue weighted by Gasteiger charge is -2.16. The van der Waals surface area contributed by atoms with Crippen LogP contribution in [0, 0.1) is 0 Å². The van der Waals surface area contributed by atoms with Gasteiger partial charge in [-0.05, 0) is 36.4 Å². The SMILES string of the molecule is O=CN(CCCSc1ccccc1)c1ccccc1. The van der Waals surface area contributed by atoms with Crippen LogP contribution in [0.1, 0.15) is 6.42 Å². The van der Waals surface area contributed by atoms with Gasteiger partial charge in [0.05, 0.1) is 0 Å². The third-order valence-electron chi connectivity index (χ3n) is 2.77. The van der Waals surface area contributed by atoms with E-state index in [4.69, 9.17) is 0 Å². The summed E-state index contributed by atoms with van der Waals surface area (Å²) < 4.78 is 0. The highest BCUT2D eigenvalue weighted by Gasteiger charge is 2.03. The summed E-state index contributed by atoms with van der Waals surface area (Å²) in [7, 11) is 0. The molecule has 0 aromatic heterocycles. The molecule has 2 nitrogen and oxygen atoms in total. The van der Waals surface area contributed by atoms with Gasteiger partial charge in [0.2, 0.25) is 6.41 Å². The molecule has 0 radical (unpaired) electrons. The minimum Gasteiger partial charge on any atom is -0.315 e. The van der Waals surface area contributed by atoms with Gasteiger partial charge in [-0.3, -0.25) is 4.79 Å². The summed E-state index contributed by atoms with van der Waals surface area (Å²) in [4.78, 5) is 14.1. The average Bonchev–Trinajstić information content (AvgIpc) is 2.49. The lowest BCUT2D eigenvalue weighted by atomic mass is 10.3. The second-order valence-electron chi connectivity index (χ2n) is 4.15. The summed E-state index contributed by atoms with van der Waals surface area (Å²) in [5, 5.41) is 0. The van der Waals surface area contributed by atoms with Crippen LogP contribution in [0.3, 0.4) is 0 Å². The molecule has 0 saturated heterocycles. The number of hydrogen-bond acceptors (Lipinski definition) is 2. The average molecular weight is 271 g/mol. The fraction of sp³-hybridized carbons (Fsp3) is 0.188. The number of hydrogen-bond donors (Lipinski definition) is 0. The molecule has 1 amide bonds. The maximum absolute atomic E-state index is 11.1. The van der Waals surface area contributed by atoms with Gasteiger partial charge in [0.25, 0.3) is 0 Å². The van der Waals surface area contributed by atoms with Crippen LogP contribution in [-0.2, 0) is 4.79 Å². The van der Waals surface area contributed by atoms with Crippen LogP contribution in [0.4, 0.5) is 5.69 Å². The summed E-state index contributed by atoms with van der Waals surface area (Å²) in [5.41, 5.74) is 0.960. The van der Waals surface area contributed by atoms with Crippen molar-refractivity contribution in [3.63, 3.8) is 0 Å². The quantitative estimate of drug-likeness (QED) is 0.433. The van der Waals surface area contributed by atoms with E-state index in [1.54, 1.807) is 4.90 Å². The van der Waals surface area contributed by atoms with Gasteiger partial charge in [0.1, 0.15) is 0 Å². The third kappa shape index (κ3) is 4.45. The van der Waals surface area contributed by atoms with E-state index in [9.17, 15) is 4.79 Å². The molecule has 3 heteroatoms. The Morgan fingerprint density at radius 2 is 1.58 bits per heavy atom. The fourth-order valence-electron chi connectivity index (χ4n) is 1.80. The van der Waals surface area contributed by atoms with Crippen LogP contribution in [0.5, 0.6) is 0 Å². The third-order valence-corrected chi connectivity index (χ3v) is 3.87. The first kappa shape index (κ1) is 13.7. The highest BCUT2D eigenvalue weighted by Crippen LogP contribution is 2.18. The number of benzene rings is 2. The molecule has 0 aliphatic heterocycles. The Labute approximate surface area is 118 Å². The molecule has 0 fully saturated rings. The Morgan fingerprint density at radius 1 is 0.947 bits per heavy atom. The molecule has 0 unspecified atom stereocenters. The molecule has 98 valence electrons. The number of thioether (sulfide) groups is 1. The molecule has 0 aliphatic carbocycles. The summed E-state index contributed by atoms with van der Waals surface area (Å²) in [5.74, 6) is 1.02. The van der Waals surface area contributed by atoms with Gasteiger partial charge in [-0.25, -0.2) is 0 Å². The monoisotopic (exact) mass is 271 g/mol. The first-order chi connectivity index (χ1) is 9.40. The molecular formula is C16H17NOS. The van der Waals surface area contributed by atoms with E-state index in [1.165, 1.54) is 4.90 Å². The van der Waals surface area contributed by atoms with Crippen molar-refractivity contribution in [2.45, 2.75) is 11.3 Å². The van der Waals surface area contributed by atoms with Crippen molar-refractivity contribution in [2.24, 2.45) is 0 Å². The van der Waals surface area contributed by atoms with Crippen LogP contribution in [0.2, 0.25) is 0 Å². The Bertz CT molecular complexity index is 487. The van der Waals surface area contributed by atoms with Crippen molar-refractivity contribution < 1.29 is 4.79 Å². The highest BCUT2D eigenvalue weighted by molar-refractivity contribution is 7.99. The number of para-hydroxylation sites is 1. The molecule has 0 N–H and O–H groups in total. The zero-order chi connectivity index (χ0) is 13.3. The van der Waals surface area contributed by atoms with E-state index in [0.717, 1.165) is 30.8 Å². The molecule has 0 atom stereocenters. The smallest absolute Gasteiger partial charge is 0.214 e. The molecule has 2 aromatic carbocycles. The first-order valence-electron chi connectivity index (χ1n) is 6.35. The number of amides is 1. The van der Waals surface area contributed by atoms with Gasteiger partial charge >= 0.3 is 0 Å². The largest absolute Gasteiger partial charge is 0.315 e. The second-order valence-corrected chi connectivity index (χ2v) is 5.32. The van der Waals surface area contributed by atoms with E-state index in [1.807, 2.05) is 60.3 Å². The number of carbonyl (C=O) groups excluding carboxylic acids is 1. The number of anilines is 1. The van der Waals surface area contributed by atoms with Crippen molar-refractivity contribution >= 4 is 23.9 Å². The molecule has 0 aliphatic rings. The second kappa shape index (κ2) is 7.64. The normalized spacial score (nSPS) is 10.1. The summed E-state index contributed by atoms with van der Waals surface area (Å²) in [6.45, 7) is 0.757. The fourth-order valence-corrected chi connectivity index (χ4v) is 2.66. The Morgan fingerprint density at radius 3 is 2.21 bits per heavy atom. The van der Waals surface area contributed by atoms with Crippen LogP contribution in [0.25, 0.3) is 0 Å². The van der Waals surface area contributed by atoms with Gasteiger partial charge in [0.15, 0.2) is 0 Å². The minimum atomic E-state index is 0.757. The van der Waals surface area contributed by atoms with Crippen LogP contribution < -0.4 is 4.90 Å². The molecule has 0 heterocycles. The number of rotatable bonds is 7. The van der Waals surface area contributed by atoms with Crippen LogP contribution >= 0.6 is 11.8 Å². The van der Waals surface area contributed by atoms with E-state index in [2.05, 4.69) is 12.1 Å². The van der Waals surface area contributed by atoms with Crippen molar-refractivity contribution in [3.8, 4) is 0 Å². The Hall–Kier alpha value is -1.74. The maximum Gasteiger partial charge on any atom is 0.214 e. The van der Waals surface area contributed by atoms with Crippen molar-refractivity contribution in [2.75, 3.05) is 17.2 Å². The maximum atomic E-state index is 11.1. The van der Waals surface area contributed by atoms with Gasteiger partial charge in [-0.15, -0.1) is 11.8 Å². The zero-order valence-corrected chi connectivity index (χ0v) is 11.6.